The highest BCUT2D eigenvalue weighted by molar-refractivity contribution is 7.98. The molecule has 0 bridgehead atoms. The topological polar surface area (TPSA) is 34.9 Å². The summed E-state index contributed by atoms with van der Waals surface area (Å²) in [7, 11) is 1.75. The fraction of sp³-hybridized carbons (Fsp3) is 0.273. The molecule has 0 aliphatic rings. The monoisotopic (exact) mass is 220 g/mol. The van der Waals surface area contributed by atoms with Crippen molar-refractivity contribution in [3.8, 4) is 0 Å². The van der Waals surface area contributed by atoms with Gasteiger partial charge >= 0.3 is 0 Å². The molecule has 3 nitrogen and oxygen atoms in total. The summed E-state index contributed by atoms with van der Waals surface area (Å²) in [5.74, 6) is 0.740. The molecule has 0 aliphatic carbocycles. The van der Waals surface area contributed by atoms with Gasteiger partial charge in [0, 0.05) is 11.9 Å². The van der Waals surface area contributed by atoms with Crippen molar-refractivity contribution in [1.82, 2.24) is 9.55 Å². The van der Waals surface area contributed by atoms with Crippen LogP contribution in [0.4, 0.5) is 0 Å². The van der Waals surface area contributed by atoms with Crippen molar-refractivity contribution < 1.29 is 0 Å². The molecular weight excluding hydrogens is 208 g/mol. The maximum absolute atomic E-state index is 11.9. The summed E-state index contributed by atoms with van der Waals surface area (Å²) < 4.78 is 1.58. The summed E-state index contributed by atoms with van der Waals surface area (Å²) in [6.45, 7) is 1.84. The van der Waals surface area contributed by atoms with Gasteiger partial charge in [0.25, 0.3) is 5.56 Å². The van der Waals surface area contributed by atoms with E-state index in [1.54, 1.807) is 23.4 Å². The molecule has 0 unspecified atom stereocenters. The molecule has 1 aromatic carbocycles. The lowest BCUT2D eigenvalue weighted by Crippen LogP contribution is -2.20. The smallest absolute Gasteiger partial charge is 0.261 e. The average molecular weight is 220 g/mol. The van der Waals surface area contributed by atoms with Crippen LogP contribution in [0.2, 0.25) is 0 Å². The molecule has 2 rings (SSSR count). The van der Waals surface area contributed by atoms with Gasteiger partial charge in [0.05, 0.1) is 10.9 Å². The van der Waals surface area contributed by atoms with E-state index in [1.165, 1.54) is 0 Å². The van der Waals surface area contributed by atoms with Crippen molar-refractivity contribution in [1.29, 1.82) is 0 Å². The van der Waals surface area contributed by atoms with Crippen LogP contribution in [0, 0.1) is 6.92 Å². The molecule has 0 fully saturated rings. The molecule has 0 saturated carbocycles. The van der Waals surface area contributed by atoms with Crippen molar-refractivity contribution >= 4 is 22.7 Å². The molecule has 0 spiro atoms. The zero-order valence-corrected chi connectivity index (χ0v) is 9.76. The van der Waals surface area contributed by atoms with Crippen LogP contribution in [-0.2, 0) is 7.05 Å². The van der Waals surface area contributed by atoms with Crippen molar-refractivity contribution in [3.63, 3.8) is 0 Å². The van der Waals surface area contributed by atoms with Crippen molar-refractivity contribution in [2.24, 2.45) is 7.05 Å². The number of aryl methyl sites for hydroxylation is 1. The molecule has 0 saturated heterocycles. The van der Waals surface area contributed by atoms with E-state index in [4.69, 9.17) is 0 Å². The van der Waals surface area contributed by atoms with Crippen LogP contribution < -0.4 is 5.56 Å². The van der Waals surface area contributed by atoms with E-state index in [2.05, 4.69) is 4.98 Å². The SMILES string of the molecule is CSc1ccc2nc(C)n(C)c(=O)c2c1. The number of fused-ring (bicyclic) bond motifs is 1. The van der Waals surface area contributed by atoms with Crippen LogP contribution in [-0.4, -0.2) is 15.8 Å². The molecule has 0 N–H and O–H groups in total. The van der Waals surface area contributed by atoms with E-state index in [-0.39, 0.29) is 5.56 Å². The second kappa shape index (κ2) is 3.70. The number of thioether (sulfide) groups is 1. The van der Waals surface area contributed by atoms with Gasteiger partial charge in [0.15, 0.2) is 0 Å². The highest BCUT2D eigenvalue weighted by atomic mass is 32.2. The van der Waals surface area contributed by atoms with Gasteiger partial charge in [-0.1, -0.05) is 0 Å². The van der Waals surface area contributed by atoms with Gasteiger partial charge in [0.2, 0.25) is 0 Å². The highest BCUT2D eigenvalue weighted by Gasteiger charge is 2.05. The van der Waals surface area contributed by atoms with Crippen molar-refractivity contribution in [3.05, 3.63) is 34.4 Å². The predicted molar refractivity (Wildman–Crippen MR) is 63.5 cm³/mol. The molecule has 1 aromatic heterocycles. The molecule has 15 heavy (non-hydrogen) atoms. The van der Waals surface area contributed by atoms with E-state index < -0.39 is 0 Å². The third-order valence-electron chi connectivity index (χ3n) is 2.51. The third kappa shape index (κ3) is 1.65. The number of nitrogens with zero attached hydrogens (tertiary/aromatic N) is 2. The third-order valence-corrected chi connectivity index (χ3v) is 3.23. The Labute approximate surface area is 92.1 Å². The molecule has 0 atom stereocenters. The normalized spacial score (nSPS) is 10.9. The van der Waals surface area contributed by atoms with Gasteiger partial charge in [-0.2, -0.15) is 0 Å². The molecular formula is C11H12N2OS. The first-order valence-corrected chi connectivity index (χ1v) is 5.87. The van der Waals surface area contributed by atoms with E-state index in [9.17, 15) is 4.79 Å². The van der Waals surface area contributed by atoms with Crippen LogP contribution in [0.15, 0.2) is 27.9 Å². The highest BCUT2D eigenvalue weighted by Crippen LogP contribution is 2.18. The molecule has 2 aromatic rings. The maximum Gasteiger partial charge on any atom is 0.261 e. The minimum absolute atomic E-state index is 0.0217. The summed E-state index contributed by atoms with van der Waals surface area (Å²) in [5.41, 5.74) is 0.793. The number of rotatable bonds is 1. The van der Waals surface area contributed by atoms with E-state index >= 15 is 0 Å². The Morgan fingerprint density at radius 2 is 2.13 bits per heavy atom. The maximum atomic E-state index is 11.9. The molecule has 1 heterocycles. The Kier molecular flexibility index (Phi) is 2.52. The Balaban J connectivity index is 2.88. The van der Waals surface area contributed by atoms with Crippen molar-refractivity contribution in [2.45, 2.75) is 11.8 Å². The lowest BCUT2D eigenvalue weighted by molar-refractivity contribution is 0.792. The zero-order chi connectivity index (χ0) is 11.0. The zero-order valence-electron chi connectivity index (χ0n) is 8.94. The second-order valence-corrected chi connectivity index (χ2v) is 4.29. The van der Waals surface area contributed by atoms with Crippen LogP contribution in [0.3, 0.4) is 0 Å². The number of aromatic nitrogens is 2. The summed E-state index contributed by atoms with van der Waals surface area (Å²) in [6.07, 6.45) is 1.99. The summed E-state index contributed by atoms with van der Waals surface area (Å²) >= 11 is 1.63. The van der Waals surface area contributed by atoms with Crippen LogP contribution in [0.5, 0.6) is 0 Å². The minimum atomic E-state index is 0.0217. The largest absolute Gasteiger partial charge is 0.299 e. The quantitative estimate of drug-likeness (QED) is 0.689. The van der Waals surface area contributed by atoms with Crippen LogP contribution in [0.1, 0.15) is 5.82 Å². The van der Waals surface area contributed by atoms with Gasteiger partial charge in [-0.25, -0.2) is 4.98 Å². The van der Waals surface area contributed by atoms with Gasteiger partial charge in [0.1, 0.15) is 5.82 Å². The first-order valence-electron chi connectivity index (χ1n) is 4.65. The molecule has 78 valence electrons. The Bertz CT molecular complexity index is 575. The number of hydrogen-bond donors (Lipinski definition) is 0. The van der Waals surface area contributed by atoms with Crippen molar-refractivity contribution in [2.75, 3.05) is 6.26 Å². The molecule has 4 heteroatoms. The average Bonchev–Trinajstić information content (AvgIpc) is 2.26. The predicted octanol–water partition coefficient (Wildman–Crippen LogP) is 1.96. The molecule has 0 aliphatic heterocycles. The summed E-state index contributed by atoms with van der Waals surface area (Å²) in [6, 6.07) is 5.78. The summed E-state index contributed by atoms with van der Waals surface area (Å²) in [5, 5.41) is 0.690. The van der Waals surface area contributed by atoms with E-state index in [1.807, 2.05) is 31.4 Å². The Morgan fingerprint density at radius 3 is 2.80 bits per heavy atom. The summed E-state index contributed by atoms with van der Waals surface area (Å²) in [4.78, 5) is 17.4. The molecule has 0 amide bonds. The fourth-order valence-corrected chi connectivity index (χ4v) is 1.93. The van der Waals surface area contributed by atoms with E-state index in [0.29, 0.717) is 5.39 Å². The lowest BCUT2D eigenvalue weighted by atomic mass is 10.2. The minimum Gasteiger partial charge on any atom is -0.299 e. The first-order chi connectivity index (χ1) is 7.13. The van der Waals surface area contributed by atoms with Gasteiger partial charge in [-0.3, -0.25) is 9.36 Å². The first kappa shape index (κ1) is 10.2. The van der Waals surface area contributed by atoms with Crippen LogP contribution in [0.25, 0.3) is 10.9 Å². The standard InChI is InChI=1S/C11H12N2OS/c1-7-12-10-5-4-8(15-3)6-9(10)11(14)13(7)2/h4-6H,1-3H3. The molecule has 0 radical (unpaired) electrons. The van der Waals surface area contributed by atoms with Crippen LogP contribution >= 0.6 is 11.8 Å². The van der Waals surface area contributed by atoms with E-state index in [0.717, 1.165) is 16.2 Å². The van der Waals surface area contributed by atoms with Gasteiger partial charge in [-0.05, 0) is 31.4 Å². The fourth-order valence-electron chi connectivity index (χ4n) is 1.49. The number of benzene rings is 1. The second-order valence-electron chi connectivity index (χ2n) is 3.41. The number of hydrogen-bond acceptors (Lipinski definition) is 3. The Hall–Kier alpha value is -1.29. The van der Waals surface area contributed by atoms with Gasteiger partial charge in [-0.15, -0.1) is 11.8 Å². The lowest BCUT2D eigenvalue weighted by Gasteiger charge is -2.05. The van der Waals surface area contributed by atoms with Gasteiger partial charge < -0.3 is 0 Å². The Morgan fingerprint density at radius 1 is 1.40 bits per heavy atom.